The summed E-state index contributed by atoms with van der Waals surface area (Å²) in [6.07, 6.45) is 9.96. The van der Waals surface area contributed by atoms with Gasteiger partial charge in [0.2, 0.25) is 5.91 Å². The van der Waals surface area contributed by atoms with Crippen LogP contribution in [0.3, 0.4) is 0 Å². The largest absolute Gasteiger partial charge is 0.489 e. The number of nitrogens with zero attached hydrogens (tertiary/aromatic N) is 6. The molecule has 4 heterocycles. The standard InChI is InChI=1S/C43H58FN7O6/c1-31-6-7-36(26-47-31)49-14-4-5-37(30-49)50(27-33-10-13-46-32(2)23-33)28-34-29-51(35-8-9-35)40-25-41(39(44)24-38(40)43(34)53)57-18-15-48(3)42(52)11-16-54-19-21-56-22-20-55-17-12-45/h6-7,10,13,23-26,29,35,37H,4-5,8-9,11-12,14-22,27-28,30,45H2,1-3H3/t37-/m0/s1. The van der Waals surface area contributed by atoms with Crippen LogP contribution in [0.4, 0.5) is 10.1 Å². The molecule has 3 aromatic heterocycles. The molecule has 13 nitrogen and oxygen atoms in total. The lowest BCUT2D eigenvalue weighted by molar-refractivity contribution is -0.131. The van der Waals surface area contributed by atoms with Crippen molar-refractivity contribution < 1.29 is 28.1 Å². The minimum absolute atomic E-state index is 0.0595. The van der Waals surface area contributed by atoms with Crippen LogP contribution < -0.4 is 20.8 Å². The zero-order chi connectivity index (χ0) is 40.1. The Morgan fingerprint density at radius 2 is 1.70 bits per heavy atom. The Bertz CT molecular complexity index is 1970. The number of fused-ring (bicyclic) bond motifs is 1. The molecule has 0 unspecified atom stereocenters. The van der Waals surface area contributed by atoms with Gasteiger partial charge in [-0.2, -0.15) is 0 Å². The molecular formula is C43H58FN7O6. The van der Waals surface area contributed by atoms with Crippen molar-refractivity contribution in [2.24, 2.45) is 5.73 Å². The highest BCUT2D eigenvalue weighted by Crippen LogP contribution is 2.38. The molecule has 1 amide bonds. The van der Waals surface area contributed by atoms with Gasteiger partial charge in [-0.05, 0) is 75.4 Å². The van der Waals surface area contributed by atoms with Crippen molar-refractivity contribution in [3.8, 4) is 5.75 Å². The third kappa shape index (κ3) is 12.0. The van der Waals surface area contributed by atoms with E-state index < -0.39 is 5.82 Å². The SMILES string of the molecule is Cc1ccc(N2CCC[C@H](N(Cc3ccnc(C)c3)Cc3cn(C4CC4)c4cc(OCCN(C)C(=O)CCOCCOCCOCCN)c(F)cc4c3=O)C2)cn1. The van der Waals surface area contributed by atoms with Gasteiger partial charge in [0.15, 0.2) is 17.0 Å². The maximum atomic E-state index is 15.7. The number of hydrogen-bond acceptors (Lipinski definition) is 11. The summed E-state index contributed by atoms with van der Waals surface area (Å²) in [5, 5.41) is 0.345. The molecule has 0 spiro atoms. The first-order valence-electron chi connectivity index (χ1n) is 20.2. The van der Waals surface area contributed by atoms with Gasteiger partial charge in [-0.3, -0.25) is 24.5 Å². The number of aromatic nitrogens is 3. The lowest BCUT2D eigenvalue weighted by atomic mass is 10.0. The number of pyridine rings is 3. The number of benzene rings is 1. The van der Waals surface area contributed by atoms with Gasteiger partial charge in [-0.15, -0.1) is 0 Å². The number of likely N-dealkylation sites (N-methyl/N-ethyl adjacent to an activating group) is 1. The first kappa shape index (κ1) is 42.1. The van der Waals surface area contributed by atoms with Gasteiger partial charge in [0.05, 0.1) is 70.0 Å². The van der Waals surface area contributed by atoms with Crippen LogP contribution >= 0.6 is 0 Å². The van der Waals surface area contributed by atoms with E-state index in [0.717, 1.165) is 61.4 Å². The number of carbonyl (C=O) groups excluding carboxylic acids is 1. The molecule has 1 aliphatic carbocycles. The number of carbonyl (C=O) groups is 1. The highest BCUT2D eigenvalue weighted by atomic mass is 19.1. The van der Waals surface area contributed by atoms with Crippen molar-refractivity contribution in [1.29, 1.82) is 0 Å². The predicted molar refractivity (Wildman–Crippen MR) is 218 cm³/mol. The number of halogens is 1. The van der Waals surface area contributed by atoms with Crippen LogP contribution in [-0.4, -0.2) is 116 Å². The summed E-state index contributed by atoms with van der Waals surface area (Å²) in [5.74, 6) is -0.650. The zero-order valence-corrected chi connectivity index (χ0v) is 33.7. The van der Waals surface area contributed by atoms with Crippen LogP contribution in [-0.2, 0) is 32.1 Å². The summed E-state index contributed by atoms with van der Waals surface area (Å²) in [7, 11) is 1.68. The van der Waals surface area contributed by atoms with Gasteiger partial charge in [0.25, 0.3) is 0 Å². The summed E-state index contributed by atoms with van der Waals surface area (Å²) >= 11 is 0. The summed E-state index contributed by atoms with van der Waals surface area (Å²) in [6.45, 7) is 10.2. The molecule has 2 aliphatic rings. The van der Waals surface area contributed by atoms with Crippen molar-refractivity contribution in [3.05, 3.63) is 93.5 Å². The third-order valence-corrected chi connectivity index (χ3v) is 10.6. The average Bonchev–Trinajstić information content (AvgIpc) is 4.06. The molecule has 1 saturated heterocycles. The number of aryl methyl sites for hydroxylation is 2. The van der Waals surface area contributed by atoms with Gasteiger partial charge in [-0.1, -0.05) is 0 Å². The van der Waals surface area contributed by atoms with Gasteiger partial charge in [-0.25, -0.2) is 4.39 Å². The van der Waals surface area contributed by atoms with E-state index in [9.17, 15) is 9.59 Å². The molecule has 2 fully saturated rings. The molecule has 0 radical (unpaired) electrons. The second-order valence-electron chi connectivity index (χ2n) is 15.1. The van der Waals surface area contributed by atoms with E-state index in [0.29, 0.717) is 69.1 Å². The predicted octanol–water partition coefficient (Wildman–Crippen LogP) is 4.79. The summed E-state index contributed by atoms with van der Waals surface area (Å²) in [6, 6.07) is 11.7. The van der Waals surface area contributed by atoms with Crippen molar-refractivity contribution >= 4 is 22.5 Å². The summed E-state index contributed by atoms with van der Waals surface area (Å²) < 4.78 is 39.9. The minimum atomic E-state index is -0.603. The first-order valence-corrected chi connectivity index (χ1v) is 20.2. The van der Waals surface area contributed by atoms with Gasteiger partial charge < -0.3 is 39.0 Å². The molecule has 14 heteroatoms. The number of ether oxygens (including phenoxy) is 4. The number of rotatable bonds is 22. The molecule has 1 aliphatic heterocycles. The fourth-order valence-electron chi connectivity index (χ4n) is 7.28. The molecule has 1 aromatic carbocycles. The molecule has 6 rings (SSSR count). The van der Waals surface area contributed by atoms with Crippen molar-refractivity contribution in [2.75, 3.05) is 84.4 Å². The number of amides is 1. The monoisotopic (exact) mass is 787 g/mol. The van der Waals surface area contributed by atoms with Crippen LogP contribution in [0.2, 0.25) is 0 Å². The van der Waals surface area contributed by atoms with Crippen molar-refractivity contribution in [1.82, 2.24) is 24.3 Å². The quantitative estimate of drug-likeness (QED) is 0.110. The van der Waals surface area contributed by atoms with Crippen LogP contribution in [0.1, 0.15) is 60.7 Å². The van der Waals surface area contributed by atoms with Crippen molar-refractivity contribution in [3.63, 3.8) is 0 Å². The van der Waals surface area contributed by atoms with Crippen molar-refractivity contribution in [2.45, 2.75) is 71.1 Å². The Kier molecular flexibility index (Phi) is 15.4. The fourth-order valence-corrected chi connectivity index (χ4v) is 7.28. The Morgan fingerprint density at radius 1 is 0.930 bits per heavy atom. The smallest absolute Gasteiger partial charge is 0.224 e. The van der Waals surface area contributed by atoms with E-state index in [2.05, 4.69) is 36.5 Å². The lowest BCUT2D eigenvalue weighted by Crippen LogP contribution is -2.48. The molecule has 57 heavy (non-hydrogen) atoms. The Labute approximate surface area is 334 Å². The maximum absolute atomic E-state index is 15.7. The first-order chi connectivity index (χ1) is 27.7. The fraction of sp³-hybridized carbons (Fsp3) is 0.535. The second kappa shape index (κ2) is 20.8. The van der Waals surface area contributed by atoms with Crippen LogP contribution in [0.5, 0.6) is 5.75 Å². The number of hydrogen-bond donors (Lipinski definition) is 1. The van der Waals surface area contributed by atoms with E-state index >= 15 is 4.39 Å². The Balaban J connectivity index is 1.11. The number of anilines is 1. The Hall–Kier alpha value is -4.47. The van der Waals surface area contributed by atoms with Crippen LogP contribution in [0, 0.1) is 19.7 Å². The highest BCUT2D eigenvalue weighted by molar-refractivity contribution is 5.81. The summed E-state index contributed by atoms with van der Waals surface area (Å²) in [5.41, 5.74) is 10.7. The maximum Gasteiger partial charge on any atom is 0.224 e. The molecule has 1 saturated carbocycles. The topological polar surface area (TPSA) is 138 Å². The summed E-state index contributed by atoms with van der Waals surface area (Å²) in [4.78, 5) is 42.2. The van der Waals surface area contributed by atoms with Gasteiger partial charge in [0.1, 0.15) is 6.61 Å². The van der Waals surface area contributed by atoms with E-state index in [1.807, 2.05) is 44.6 Å². The molecule has 1 atom stereocenters. The minimum Gasteiger partial charge on any atom is -0.489 e. The van der Waals surface area contributed by atoms with E-state index in [1.54, 1.807) is 18.0 Å². The van der Waals surface area contributed by atoms with Crippen LogP contribution in [0.25, 0.3) is 10.9 Å². The number of nitrogens with two attached hydrogens (primary N) is 1. The zero-order valence-electron chi connectivity index (χ0n) is 33.7. The van der Waals surface area contributed by atoms with E-state index in [-0.39, 0.29) is 55.3 Å². The molecule has 308 valence electrons. The lowest BCUT2D eigenvalue weighted by Gasteiger charge is -2.40. The molecular weight excluding hydrogens is 730 g/mol. The van der Waals surface area contributed by atoms with Gasteiger partial charge >= 0.3 is 0 Å². The van der Waals surface area contributed by atoms with Crippen LogP contribution in [0.15, 0.2) is 59.8 Å². The molecule has 0 bridgehead atoms. The third-order valence-electron chi connectivity index (χ3n) is 10.6. The number of piperidine rings is 1. The molecule has 2 N–H and O–H groups in total. The van der Waals surface area contributed by atoms with Gasteiger partial charge in [0, 0.05) is 92.7 Å². The Morgan fingerprint density at radius 3 is 2.42 bits per heavy atom. The van der Waals surface area contributed by atoms with E-state index in [4.69, 9.17) is 24.7 Å². The molecule has 4 aromatic rings. The second-order valence-corrected chi connectivity index (χ2v) is 15.1. The average molecular weight is 788 g/mol. The van der Waals surface area contributed by atoms with E-state index in [1.165, 1.54) is 6.07 Å². The highest BCUT2D eigenvalue weighted by Gasteiger charge is 2.30. The normalized spacial score (nSPS) is 15.8.